The topological polar surface area (TPSA) is 51.5 Å². The molecule has 1 aromatic rings. The van der Waals surface area contributed by atoms with E-state index < -0.39 is 0 Å². The molecule has 0 saturated heterocycles. The molecule has 1 N–H and O–H groups in total. The van der Waals surface area contributed by atoms with Crippen molar-refractivity contribution in [1.29, 1.82) is 0 Å². The van der Waals surface area contributed by atoms with Crippen molar-refractivity contribution in [2.24, 2.45) is 0 Å². The smallest absolute Gasteiger partial charge is 0.288 e. The largest absolute Gasteiger partial charge is 0.459 e. The van der Waals surface area contributed by atoms with E-state index in [1.54, 1.807) is 12.1 Å². The molecule has 0 aromatic carbocycles. The summed E-state index contributed by atoms with van der Waals surface area (Å²) in [6.45, 7) is 0.194. The number of nitrogens with one attached hydrogen (secondary N) is 1. The summed E-state index contributed by atoms with van der Waals surface area (Å²) >= 11 is 0. The van der Waals surface area contributed by atoms with Crippen molar-refractivity contribution < 1.29 is 13.9 Å². The van der Waals surface area contributed by atoms with E-state index in [0.717, 1.165) is 0 Å². The summed E-state index contributed by atoms with van der Waals surface area (Å²) in [5.41, 5.74) is 0. The molecule has 0 fully saturated rings. The first-order valence-electron chi connectivity index (χ1n) is 3.15. The Bertz CT molecular complexity index is 218. The number of furan rings is 1. The summed E-state index contributed by atoms with van der Waals surface area (Å²) in [5.74, 6) is 0.0268. The highest BCUT2D eigenvalue weighted by atomic mass is 16.5. The summed E-state index contributed by atoms with van der Waals surface area (Å²) in [6, 6.07) is 3.24. The fourth-order valence-corrected chi connectivity index (χ4v) is 0.633. The number of rotatable bonds is 3. The molecule has 0 unspecified atom stereocenters. The zero-order valence-electron chi connectivity index (χ0n) is 6.16. The SMILES string of the molecule is COCNC(=O)c1ccco1. The van der Waals surface area contributed by atoms with Gasteiger partial charge in [-0.2, -0.15) is 0 Å². The number of carbonyl (C=O) groups excluding carboxylic acids is 1. The molecule has 0 spiro atoms. The maximum atomic E-state index is 11.0. The van der Waals surface area contributed by atoms with E-state index in [1.165, 1.54) is 13.4 Å². The lowest BCUT2D eigenvalue weighted by Crippen LogP contribution is -2.24. The van der Waals surface area contributed by atoms with Gasteiger partial charge in [-0.1, -0.05) is 0 Å². The molecule has 1 heterocycles. The van der Waals surface area contributed by atoms with E-state index in [1.807, 2.05) is 0 Å². The van der Waals surface area contributed by atoms with Gasteiger partial charge in [0.1, 0.15) is 6.73 Å². The van der Waals surface area contributed by atoms with E-state index in [2.05, 4.69) is 10.1 Å². The Hall–Kier alpha value is -1.29. The van der Waals surface area contributed by atoms with Crippen LogP contribution in [0.15, 0.2) is 22.8 Å². The number of hydrogen-bond acceptors (Lipinski definition) is 3. The molecule has 11 heavy (non-hydrogen) atoms. The highest BCUT2D eigenvalue weighted by Crippen LogP contribution is 1.98. The van der Waals surface area contributed by atoms with Crippen LogP contribution >= 0.6 is 0 Å². The normalized spacial score (nSPS) is 9.55. The Labute approximate surface area is 64.1 Å². The van der Waals surface area contributed by atoms with E-state index in [4.69, 9.17) is 4.42 Å². The molecule has 4 nitrogen and oxygen atoms in total. The van der Waals surface area contributed by atoms with Crippen molar-refractivity contribution in [3.63, 3.8) is 0 Å². The predicted molar refractivity (Wildman–Crippen MR) is 38.1 cm³/mol. The molecular formula is C7H9NO3. The predicted octanol–water partition coefficient (Wildman–Crippen LogP) is 0.613. The number of carbonyl (C=O) groups is 1. The molecule has 0 atom stereocenters. The summed E-state index contributed by atoms with van der Waals surface area (Å²) < 4.78 is 9.46. The molecule has 4 heteroatoms. The van der Waals surface area contributed by atoms with Crippen LogP contribution in [0.1, 0.15) is 10.6 Å². The van der Waals surface area contributed by atoms with E-state index in [-0.39, 0.29) is 12.6 Å². The zero-order valence-corrected chi connectivity index (χ0v) is 6.16. The quantitative estimate of drug-likeness (QED) is 0.651. The maximum absolute atomic E-state index is 11.0. The summed E-state index contributed by atoms with van der Waals surface area (Å²) in [4.78, 5) is 11.0. The molecule has 0 bridgehead atoms. The van der Waals surface area contributed by atoms with Crippen molar-refractivity contribution in [2.75, 3.05) is 13.8 Å². The third-order valence-corrected chi connectivity index (χ3v) is 1.12. The average Bonchev–Trinajstić information content (AvgIpc) is 2.52. The van der Waals surface area contributed by atoms with Gasteiger partial charge in [0.05, 0.1) is 6.26 Å². The van der Waals surface area contributed by atoms with Crippen LogP contribution in [0.4, 0.5) is 0 Å². The molecule has 1 amide bonds. The van der Waals surface area contributed by atoms with Gasteiger partial charge >= 0.3 is 0 Å². The van der Waals surface area contributed by atoms with E-state index in [0.29, 0.717) is 5.76 Å². The number of hydrogen-bond donors (Lipinski definition) is 1. The summed E-state index contributed by atoms with van der Waals surface area (Å²) in [6.07, 6.45) is 1.45. The number of ether oxygens (including phenoxy) is 1. The van der Waals surface area contributed by atoms with Crippen molar-refractivity contribution in [1.82, 2.24) is 5.32 Å². The van der Waals surface area contributed by atoms with Crippen LogP contribution in [-0.4, -0.2) is 19.7 Å². The van der Waals surface area contributed by atoms with Crippen LogP contribution < -0.4 is 5.32 Å². The van der Waals surface area contributed by atoms with Gasteiger partial charge in [0, 0.05) is 7.11 Å². The molecule has 60 valence electrons. The lowest BCUT2D eigenvalue weighted by atomic mass is 10.4. The minimum Gasteiger partial charge on any atom is -0.459 e. The molecule has 0 radical (unpaired) electrons. The lowest BCUT2D eigenvalue weighted by Gasteiger charge is -1.98. The molecule has 1 aromatic heterocycles. The summed E-state index contributed by atoms with van der Waals surface area (Å²) in [7, 11) is 1.50. The second-order valence-corrected chi connectivity index (χ2v) is 1.92. The van der Waals surface area contributed by atoms with Gasteiger partial charge in [-0.15, -0.1) is 0 Å². The molecule has 0 aliphatic heterocycles. The standard InChI is InChI=1S/C7H9NO3/c1-10-5-8-7(9)6-3-2-4-11-6/h2-4H,5H2,1H3,(H,8,9). The summed E-state index contributed by atoms with van der Waals surface area (Å²) in [5, 5.41) is 2.48. The second kappa shape index (κ2) is 3.78. The Balaban J connectivity index is 2.43. The molecule has 0 saturated carbocycles. The molecule has 0 aliphatic carbocycles. The zero-order chi connectivity index (χ0) is 8.10. The molecule has 1 rings (SSSR count). The Morgan fingerprint density at radius 3 is 3.18 bits per heavy atom. The van der Waals surface area contributed by atoms with E-state index >= 15 is 0 Å². The first kappa shape index (κ1) is 7.81. The van der Waals surface area contributed by atoms with Gasteiger partial charge in [0.15, 0.2) is 5.76 Å². The fraction of sp³-hybridized carbons (Fsp3) is 0.286. The third-order valence-electron chi connectivity index (χ3n) is 1.12. The van der Waals surface area contributed by atoms with Gasteiger partial charge in [-0.3, -0.25) is 4.79 Å². The monoisotopic (exact) mass is 155 g/mol. The van der Waals surface area contributed by atoms with Crippen molar-refractivity contribution >= 4 is 5.91 Å². The number of methoxy groups -OCH3 is 1. The van der Waals surface area contributed by atoms with Gasteiger partial charge in [-0.25, -0.2) is 0 Å². The van der Waals surface area contributed by atoms with Crippen LogP contribution in [-0.2, 0) is 4.74 Å². The van der Waals surface area contributed by atoms with Crippen LogP contribution in [0.25, 0.3) is 0 Å². The van der Waals surface area contributed by atoms with E-state index in [9.17, 15) is 4.79 Å². The molecule has 0 aliphatic rings. The van der Waals surface area contributed by atoms with Crippen molar-refractivity contribution in [3.05, 3.63) is 24.2 Å². The Morgan fingerprint density at radius 1 is 1.82 bits per heavy atom. The highest BCUT2D eigenvalue weighted by Gasteiger charge is 2.05. The van der Waals surface area contributed by atoms with Crippen molar-refractivity contribution in [3.8, 4) is 0 Å². The minimum absolute atomic E-state index is 0.194. The molecular weight excluding hydrogens is 146 g/mol. The first-order valence-corrected chi connectivity index (χ1v) is 3.15. The highest BCUT2D eigenvalue weighted by molar-refractivity contribution is 5.91. The van der Waals surface area contributed by atoms with Crippen LogP contribution in [0, 0.1) is 0 Å². The second-order valence-electron chi connectivity index (χ2n) is 1.92. The van der Waals surface area contributed by atoms with Gasteiger partial charge in [0.25, 0.3) is 5.91 Å². The minimum atomic E-state index is -0.267. The maximum Gasteiger partial charge on any atom is 0.288 e. The van der Waals surface area contributed by atoms with Crippen LogP contribution in [0.2, 0.25) is 0 Å². The van der Waals surface area contributed by atoms with Crippen LogP contribution in [0.3, 0.4) is 0 Å². The van der Waals surface area contributed by atoms with Gasteiger partial charge in [-0.05, 0) is 12.1 Å². The third kappa shape index (κ3) is 2.09. The van der Waals surface area contributed by atoms with Crippen molar-refractivity contribution in [2.45, 2.75) is 0 Å². The lowest BCUT2D eigenvalue weighted by molar-refractivity contribution is 0.0844. The average molecular weight is 155 g/mol. The Morgan fingerprint density at radius 2 is 2.64 bits per heavy atom. The van der Waals surface area contributed by atoms with Gasteiger partial charge < -0.3 is 14.5 Å². The fourth-order valence-electron chi connectivity index (χ4n) is 0.633. The number of amides is 1. The first-order chi connectivity index (χ1) is 5.34. The Kier molecular flexibility index (Phi) is 2.68. The van der Waals surface area contributed by atoms with Crippen LogP contribution in [0.5, 0.6) is 0 Å². The van der Waals surface area contributed by atoms with Gasteiger partial charge in [0.2, 0.25) is 0 Å².